The van der Waals surface area contributed by atoms with Gasteiger partial charge >= 0.3 is 5.97 Å². The van der Waals surface area contributed by atoms with Crippen molar-refractivity contribution in [3.8, 4) is 0 Å². The largest absolute Gasteiger partial charge is 0.465 e. The van der Waals surface area contributed by atoms with Crippen LogP contribution in [0.2, 0.25) is 10.0 Å². The summed E-state index contributed by atoms with van der Waals surface area (Å²) in [4.78, 5) is 41.0. The van der Waals surface area contributed by atoms with Crippen LogP contribution >= 0.6 is 23.2 Å². The summed E-state index contributed by atoms with van der Waals surface area (Å²) in [5, 5.41) is 6.68. The van der Waals surface area contributed by atoms with Gasteiger partial charge in [0.25, 0.3) is 0 Å². The highest BCUT2D eigenvalue weighted by molar-refractivity contribution is 6.31. The van der Waals surface area contributed by atoms with E-state index in [1.165, 1.54) is 13.2 Å². The lowest BCUT2D eigenvalue weighted by Crippen LogP contribution is -2.51. The van der Waals surface area contributed by atoms with E-state index in [9.17, 15) is 14.4 Å². The van der Waals surface area contributed by atoms with Crippen molar-refractivity contribution >= 4 is 46.7 Å². The minimum Gasteiger partial charge on any atom is -0.465 e. The first-order chi connectivity index (χ1) is 18.2. The van der Waals surface area contributed by atoms with Gasteiger partial charge in [-0.3, -0.25) is 14.9 Å². The molecule has 6 rings (SSSR count). The van der Waals surface area contributed by atoms with Crippen molar-refractivity contribution in [3.05, 3.63) is 98.8 Å². The van der Waals surface area contributed by atoms with E-state index in [4.69, 9.17) is 27.9 Å². The SMILES string of the molecule is COC(=O)c1ccc(CN2C[C@@H]3N[C@@]4(C(=O)Nc5cc(Cl)ccc54)[C@@H](c4cccc(Cl)c4F)[C@@H]3C2=O)cc1. The van der Waals surface area contributed by atoms with Gasteiger partial charge in [0.05, 0.1) is 23.6 Å². The molecule has 2 N–H and O–H groups in total. The molecule has 0 aromatic heterocycles. The maximum absolute atomic E-state index is 15.5. The maximum Gasteiger partial charge on any atom is 0.337 e. The van der Waals surface area contributed by atoms with Crippen LogP contribution in [0.25, 0.3) is 0 Å². The average molecular weight is 554 g/mol. The van der Waals surface area contributed by atoms with Crippen molar-refractivity contribution in [1.82, 2.24) is 10.2 Å². The number of nitrogens with zero attached hydrogens (tertiary/aromatic N) is 1. The Bertz CT molecular complexity index is 1500. The first-order valence-electron chi connectivity index (χ1n) is 12.0. The number of methoxy groups -OCH3 is 1. The van der Waals surface area contributed by atoms with Gasteiger partial charge in [0.15, 0.2) is 0 Å². The van der Waals surface area contributed by atoms with Crippen molar-refractivity contribution in [1.29, 1.82) is 0 Å². The lowest BCUT2D eigenvalue weighted by molar-refractivity contribution is -0.132. The van der Waals surface area contributed by atoms with Crippen LogP contribution in [-0.4, -0.2) is 42.4 Å². The minimum absolute atomic E-state index is 0.0798. The molecule has 38 heavy (non-hydrogen) atoms. The second-order valence-corrected chi connectivity index (χ2v) is 10.6. The van der Waals surface area contributed by atoms with E-state index in [-0.39, 0.29) is 22.4 Å². The zero-order valence-corrected chi connectivity index (χ0v) is 21.6. The highest BCUT2D eigenvalue weighted by Gasteiger charge is 2.66. The number of likely N-dealkylation sites (tertiary alicyclic amines) is 1. The van der Waals surface area contributed by atoms with Gasteiger partial charge in [-0.05, 0) is 41.5 Å². The number of ether oxygens (including phenoxy) is 1. The molecule has 0 radical (unpaired) electrons. The zero-order valence-electron chi connectivity index (χ0n) is 20.1. The summed E-state index contributed by atoms with van der Waals surface area (Å²) in [6, 6.07) is 16.1. The Hall–Kier alpha value is -3.46. The molecule has 3 heterocycles. The standard InChI is InChI=1S/C28H22Cl2FN3O4/c1-38-26(36)15-7-5-14(6-8-15)12-34-13-21-22(25(34)35)23(17-3-2-4-19(30)24(17)31)28(33-21)18-10-9-16(29)11-20(18)32-27(28)37/h2-11,21-23,33H,12-13H2,1H3,(H,32,37)/t21-,22+,23-,28+/m0/s1. The van der Waals surface area contributed by atoms with Crippen molar-refractivity contribution in [2.24, 2.45) is 5.92 Å². The van der Waals surface area contributed by atoms with Gasteiger partial charge in [-0.2, -0.15) is 0 Å². The van der Waals surface area contributed by atoms with Crippen LogP contribution in [0.4, 0.5) is 10.1 Å². The fraction of sp³-hybridized carbons (Fsp3) is 0.250. The fourth-order valence-electron chi connectivity index (χ4n) is 6.16. The van der Waals surface area contributed by atoms with E-state index in [1.54, 1.807) is 59.5 Å². The third-order valence-electron chi connectivity index (χ3n) is 7.76. The number of amides is 2. The monoisotopic (exact) mass is 553 g/mol. The molecule has 2 saturated heterocycles. The number of esters is 1. The molecule has 0 bridgehead atoms. The second kappa shape index (κ2) is 9.08. The van der Waals surface area contributed by atoms with Crippen LogP contribution in [0.5, 0.6) is 0 Å². The Morgan fingerprint density at radius 1 is 1.13 bits per heavy atom. The van der Waals surface area contributed by atoms with Crippen LogP contribution in [-0.2, 0) is 26.4 Å². The molecule has 4 atom stereocenters. The van der Waals surface area contributed by atoms with Gasteiger partial charge in [-0.15, -0.1) is 0 Å². The fourth-order valence-corrected chi connectivity index (χ4v) is 6.51. The van der Waals surface area contributed by atoms with E-state index in [0.29, 0.717) is 34.9 Å². The van der Waals surface area contributed by atoms with E-state index >= 15 is 4.39 Å². The first-order valence-corrected chi connectivity index (χ1v) is 12.8. The quantitative estimate of drug-likeness (QED) is 0.465. The third-order valence-corrected chi connectivity index (χ3v) is 8.29. The van der Waals surface area contributed by atoms with Crippen molar-refractivity contribution < 1.29 is 23.5 Å². The van der Waals surface area contributed by atoms with Crippen LogP contribution in [0.15, 0.2) is 60.7 Å². The number of hydrogen-bond acceptors (Lipinski definition) is 5. The predicted molar refractivity (Wildman–Crippen MR) is 140 cm³/mol. The molecule has 0 saturated carbocycles. The van der Waals surface area contributed by atoms with Crippen LogP contribution < -0.4 is 10.6 Å². The second-order valence-electron chi connectivity index (χ2n) is 9.76. The van der Waals surface area contributed by atoms with Crippen molar-refractivity contribution in [3.63, 3.8) is 0 Å². The topological polar surface area (TPSA) is 87.7 Å². The van der Waals surface area contributed by atoms with E-state index < -0.39 is 35.2 Å². The Morgan fingerprint density at radius 3 is 2.63 bits per heavy atom. The summed E-state index contributed by atoms with van der Waals surface area (Å²) in [5.41, 5.74) is 1.20. The maximum atomic E-state index is 15.5. The smallest absolute Gasteiger partial charge is 0.337 e. The molecule has 3 aromatic rings. The molecule has 7 nitrogen and oxygen atoms in total. The van der Waals surface area contributed by atoms with Gasteiger partial charge in [0, 0.05) is 41.3 Å². The molecule has 3 aliphatic heterocycles. The highest BCUT2D eigenvalue weighted by atomic mass is 35.5. The molecule has 3 aromatic carbocycles. The van der Waals surface area contributed by atoms with Gasteiger partial charge in [-0.1, -0.05) is 53.5 Å². The Balaban J connectivity index is 1.39. The van der Waals surface area contributed by atoms with Gasteiger partial charge in [0.2, 0.25) is 11.8 Å². The van der Waals surface area contributed by atoms with Crippen LogP contribution in [0, 0.1) is 11.7 Å². The molecular weight excluding hydrogens is 532 g/mol. The number of carbonyl (C=O) groups excluding carboxylic acids is 3. The molecule has 10 heteroatoms. The molecule has 1 spiro atoms. The first kappa shape index (κ1) is 24.9. The summed E-state index contributed by atoms with van der Waals surface area (Å²) in [6.07, 6.45) is 0. The number of benzene rings is 3. The van der Waals surface area contributed by atoms with E-state index in [0.717, 1.165) is 5.56 Å². The number of carbonyl (C=O) groups is 3. The zero-order chi connectivity index (χ0) is 26.8. The van der Waals surface area contributed by atoms with Gasteiger partial charge in [0.1, 0.15) is 11.4 Å². The number of nitrogens with one attached hydrogen (secondary N) is 2. The summed E-state index contributed by atoms with van der Waals surface area (Å²) in [7, 11) is 1.31. The Kier molecular flexibility index (Phi) is 5.94. The Labute approximate surface area is 227 Å². The molecule has 194 valence electrons. The summed E-state index contributed by atoms with van der Waals surface area (Å²) in [5.74, 6) is -3.23. The van der Waals surface area contributed by atoms with E-state index in [2.05, 4.69) is 10.6 Å². The molecule has 0 unspecified atom stereocenters. The number of rotatable bonds is 4. The summed E-state index contributed by atoms with van der Waals surface area (Å²) in [6.45, 7) is 0.615. The summed E-state index contributed by atoms with van der Waals surface area (Å²) < 4.78 is 20.3. The minimum atomic E-state index is -1.37. The van der Waals surface area contributed by atoms with E-state index in [1.807, 2.05) is 0 Å². The third kappa shape index (κ3) is 3.62. The Morgan fingerprint density at radius 2 is 1.89 bits per heavy atom. The van der Waals surface area contributed by atoms with Crippen LogP contribution in [0.1, 0.15) is 33.0 Å². The van der Waals surface area contributed by atoms with Gasteiger partial charge < -0.3 is 15.0 Å². The van der Waals surface area contributed by atoms with Crippen molar-refractivity contribution in [2.45, 2.75) is 24.0 Å². The van der Waals surface area contributed by atoms with Crippen molar-refractivity contribution in [2.75, 3.05) is 19.0 Å². The van der Waals surface area contributed by atoms with Crippen LogP contribution in [0.3, 0.4) is 0 Å². The number of halogens is 3. The lowest BCUT2D eigenvalue weighted by Gasteiger charge is -2.33. The number of anilines is 1. The summed E-state index contributed by atoms with van der Waals surface area (Å²) >= 11 is 12.3. The highest BCUT2D eigenvalue weighted by Crippen LogP contribution is 2.56. The number of hydrogen-bond donors (Lipinski definition) is 2. The van der Waals surface area contributed by atoms with Gasteiger partial charge in [-0.25, -0.2) is 9.18 Å². The lowest BCUT2D eigenvalue weighted by atomic mass is 9.71. The normalized spacial score (nSPS) is 25.5. The molecule has 2 amide bonds. The molecule has 0 aliphatic carbocycles. The molecule has 3 aliphatic rings. The predicted octanol–water partition coefficient (Wildman–Crippen LogP) is 4.48. The molecule has 2 fully saturated rings. The average Bonchev–Trinajstić information content (AvgIpc) is 3.49. The number of fused-ring (bicyclic) bond motifs is 3. The molecular formula is C28H22Cl2FN3O4.